The van der Waals surface area contributed by atoms with Crippen molar-refractivity contribution in [1.82, 2.24) is 0 Å². The quantitative estimate of drug-likeness (QED) is 0.842. The molecular formula is C19H24O3. The van der Waals surface area contributed by atoms with Crippen LogP contribution >= 0.6 is 0 Å². The normalized spacial score (nSPS) is 13.5. The van der Waals surface area contributed by atoms with Crippen LogP contribution in [0.3, 0.4) is 0 Å². The number of methoxy groups -OCH3 is 2. The van der Waals surface area contributed by atoms with Gasteiger partial charge < -0.3 is 14.6 Å². The maximum absolute atomic E-state index is 11.2. The lowest BCUT2D eigenvalue weighted by atomic mass is 9.83. The first-order valence-corrected chi connectivity index (χ1v) is 7.61. The van der Waals surface area contributed by atoms with Gasteiger partial charge in [0.2, 0.25) is 0 Å². The highest BCUT2D eigenvalue weighted by molar-refractivity contribution is 5.34. The number of hydrogen-bond acceptors (Lipinski definition) is 3. The summed E-state index contributed by atoms with van der Waals surface area (Å²) in [5.74, 6) is 1.62. The molecule has 0 saturated carbocycles. The highest BCUT2D eigenvalue weighted by Gasteiger charge is 2.28. The molecule has 1 unspecified atom stereocenters. The van der Waals surface area contributed by atoms with E-state index in [0.29, 0.717) is 12.8 Å². The molecule has 0 aliphatic heterocycles. The van der Waals surface area contributed by atoms with Gasteiger partial charge in [0, 0.05) is 6.42 Å². The Hall–Kier alpha value is -2.00. The number of benzene rings is 2. The number of aliphatic hydroxyl groups is 1. The third-order valence-corrected chi connectivity index (χ3v) is 3.95. The third kappa shape index (κ3) is 3.80. The average Bonchev–Trinajstić information content (AvgIpc) is 2.56. The third-order valence-electron chi connectivity index (χ3n) is 3.95. The second-order valence-electron chi connectivity index (χ2n) is 5.53. The van der Waals surface area contributed by atoms with Crippen molar-refractivity contribution in [2.45, 2.75) is 31.8 Å². The van der Waals surface area contributed by atoms with Gasteiger partial charge in [0.1, 0.15) is 11.5 Å². The predicted octanol–water partition coefficient (Wildman–Crippen LogP) is 3.93. The summed E-state index contributed by atoms with van der Waals surface area (Å²) in [5, 5.41) is 11.2. The summed E-state index contributed by atoms with van der Waals surface area (Å²) in [6, 6.07) is 15.5. The molecule has 2 aromatic rings. The molecule has 0 aliphatic carbocycles. The zero-order valence-electron chi connectivity index (χ0n) is 13.5. The Kier molecular flexibility index (Phi) is 5.45. The van der Waals surface area contributed by atoms with Crippen molar-refractivity contribution in [2.24, 2.45) is 0 Å². The van der Waals surface area contributed by atoms with Gasteiger partial charge in [0.25, 0.3) is 0 Å². The highest BCUT2D eigenvalue weighted by atomic mass is 16.5. The molecule has 0 radical (unpaired) electrons. The van der Waals surface area contributed by atoms with Crippen molar-refractivity contribution in [1.29, 1.82) is 0 Å². The molecule has 3 heteroatoms. The van der Waals surface area contributed by atoms with E-state index in [2.05, 4.69) is 6.92 Å². The Bertz CT molecular complexity index is 575. The molecule has 1 atom stereocenters. The maximum atomic E-state index is 11.2. The Morgan fingerprint density at radius 3 is 1.82 bits per heavy atom. The average molecular weight is 300 g/mol. The van der Waals surface area contributed by atoms with Crippen LogP contribution in [0.2, 0.25) is 0 Å². The summed E-state index contributed by atoms with van der Waals surface area (Å²) >= 11 is 0. The predicted molar refractivity (Wildman–Crippen MR) is 88.5 cm³/mol. The van der Waals surface area contributed by atoms with Crippen LogP contribution in [0.5, 0.6) is 11.5 Å². The monoisotopic (exact) mass is 300 g/mol. The standard InChI is InChI=1S/C19H24O3/c1-4-13-19(20,16-7-11-18(22-3)12-8-16)14-15-5-9-17(21-2)10-6-15/h5-12,20H,4,13-14H2,1-3H3. The van der Waals surface area contributed by atoms with Crippen LogP contribution in [0, 0.1) is 0 Å². The number of ether oxygens (including phenoxy) is 2. The minimum absolute atomic E-state index is 0.581. The van der Waals surface area contributed by atoms with E-state index in [4.69, 9.17) is 9.47 Å². The van der Waals surface area contributed by atoms with Crippen LogP contribution in [0.1, 0.15) is 30.9 Å². The maximum Gasteiger partial charge on any atom is 0.118 e. The van der Waals surface area contributed by atoms with E-state index in [1.807, 2.05) is 48.5 Å². The Labute approximate surface area is 132 Å². The molecule has 3 nitrogen and oxygen atoms in total. The number of hydrogen-bond donors (Lipinski definition) is 1. The van der Waals surface area contributed by atoms with Crippen molar-refractivity contribution in [2.75, 3.05) is 14.2 Å². The van der Waals surface area contributed by atoms with E-state index in [-0.39, 0.29) is 0 Å². The zero-order valence-corrected chi connectivity index (χ0v) is 13.5. The summed E-state index contributed by atoms with van der Waals surface area (Å²) in [4.78, 5) is 0. The Morgan fingerprint density at radius 2 is 1.36 bits per heavy atom. The fourth-order valence-corrected chi connectivity index (χ4v) is 2.73. The van der Waals surface area contributed by atoms with Crippen molar-refractivity contribution in [3.8, 4) is 11.5 Å². The van der Waals surface area contributed by atoms with Gasteiger partial charge in [0.15, 0.2) is 0 Å². The molecule has 0 spiro atoms. The van der Waals surface area contributed by atoms with Crippen molar-refractivity contribution < 1.29 is 14.6 Å². The Morgan fingerprint density at radius 1 is 0.864 bits per heavy atom. The van der Waals surface area contributed by atoms with Gasteiger partial charge in [-0.15, -0.1) is 0 Å². The van der Waals surface area contributed by atoms with Crippen molar-refractivity contribution in [3.05, 3.63) is 59.7 Å². The van der Waals surface area contributed by atoms with E-state index >= 15 is 0 Å². The summed E-state index contributed by atoms with van der Waals surface area (Å²) in [6.07, 6.45) is 2.21. The van der Waals surface area contributed by atoms with Crippen molar-refractivity contribution in [3.63, 3.8) is 0 Å². The van der Waals surface area contributed by atoms with E-state index in [0.717, 1.165) is 29.0 Å². The first-order chi connectivity index (χ1) is 10.6. The molecule has 0 aliphatic rings. The molecule has 0 heterocycles. The van der Waals surface area contributed by atoms with Crippen LogP contribution in [0.25, 0.3) is 0 Å². The fraction of sp³-hybridized carbons (Fsp3) is 0.368. The van der Waals surface area contributed by atoms with Gasteiger partial charge in [-0.2, -0.15) is 0 Å². The second-order valence-corrected chi connectivity index (χ2v) is 5.53. The fourth-order valence-electron chi connectivity index (χ4n) is 2.73. The Balaban J connectivity index is 2.25. The molecule has 0 amide bonds. The van der Waals surface area contributed by atoms with E-state index in [9.17, 15) is 5.11 Å². The lowest BCUT2D eigenvalue weighted by Crippen LogP contribution is -2.28. The van der Waals surface area contributed by atoms with Gasteiger partial charge in [0.05, 0.1) is 19.8 Å². The largest absolute Gasteiger partial charge is 0.497 e. The minimum Gasteiger partial charge on any atom is -0.497 e. The molecule has 0 bridgehead atoms. The first-order valence-electron chi connectivity index (χ1n) is 7.61. The summed E-state index contributed by atoms with van der Waals surface area (Å²) < 4.78 is 10.4. The first kappa shape index (κ1) is 16.4. The topological polar surface area (TPSA) is 38.7 Å². The van der Waals surface area contributed by atoms with Crippen LogP contribution in [0.15, 0.2) is 48.5 Å². The molecule has 22 heavy (non-hydrogen) atoms. The van der Waals surface area contributed by atoms with Gasteiger partial charge in [-0.3, -0.25) is 0 Å². The van der Waals surface area contributed by atoms with E-state index in [1.165, 1.54) is 0 Å². The van der Waals surface area contributed by atoms with Crippen LogP contribution < -0.4 is 9.47 Å². The number of rotatable bonds is 7. The van der Waals surface area contributed by atoms with Gasteiger partial charge >= 0.3 is 0 Å². The minimum atomic E-state index is -0.865. The lowest BCUT2D eigenvalue weighted by molar-refractivity contribution is 0.0268. The zero-order chi connectivity index (χ0) is 16.0. The SMILES string of the molecule is CCCC(O)(Cc1ccc(OC)cc1)c1ccc(OC)cc1. The molecule has 0 saturated heterocycles. The molecule has 0 aromatic heterocycles. The smallest absolute Gasteiger partial charge is 0.118 e. The van der Waals surface area contributed by atoms with E-state index in [1.54, 1.807) is 14.2 Å². The molecule has 0 fully saturated rings. The molecule has 118 valence electrons. The van der Waals surface area contributed by atoms with Gasteiger partial charge in [-0.05, 0) is 41.8 Å². The van der Waals surface area contributed by atoms with Crippen LogP contribution in [-0.2, 0) is 12.0 Å². The van der Waals surface area contributed by atoms with Crippen LogP contribution in [-0.4, -0.2) is 19.3 Å². The molecule has 2 aromatic carbocycles. The van der Waals surface area contributed by atoms with Gasteiger partial charge in [-0.1, -0.05) is 37.6 Å². The van der Waals surface area contributed by atoms with Crippen molar-refractivity contribution >= 4 is 0 Å². The van der Waals surface area contributed by atoms with Crippen LogP contribution in [0.4, 0.5) is 0 Å². The summed E-state index contributed by atoms with van der Waals surface area (Å²) in [6.45, 7) is 2.09. The van der Waals surface area contributed by atoms with Gasteiger partial charge in [-0.25, -0.2) is 0 Å². The molecule has 1 N–H and O–H groups in total. The molecular weight excluding hydrogens is 276 g/mol. The summed E-state index contributed by atoms with van der Waals surface area (Å²) in [7, 11) is 3.30. The van der Waals surface area contributed by atoms with E-state index < -0.39 is 5.60 Å². The second kappa shape index (κ2) is 7.32. The summed E-state index contributed by atoms with van der Waals surface area (Å²) in [5.41, 5.74) is 1.15. The lowest BCUT2D eigenvalue weighted by Gasteiger charge is -2.29. The highest BCUT2D eigenvalue weighted by Crippen LogP contribution is 2.32. The molecule has 2 rings (SSSR count).